The van der Waals surface area contributed by atoms with Crippen LogP contribution < -0.4 is 35.7 Å². The number of esters is 2. The van der Waals surface area contributed by atoms with Gasteiger partial charge < -0.3 is 17.1 Å². The van der Waals surface area contributed by atoms with Crippen LogP contribution >= 0.6 is 0 Å². The standard InChI is InChI=1S/C20H38O7S.H3N.Na.H/c1-5-9-11-16(7-3)14-26-19(21)13-18(28(23,24)25)20(22)27-15-17(8-4)12-10-6-2;;;/h16-18H,5-15H2,1-4H3,(H,23,24,25);1H3;;/q;;+1;-1. The van der Waals surface area contributed by atoms with Gasteiger partial charge in [0.15, 0.2) is 5.25 Å². The number of hydrogen-bond acceptors (Lipinski definition) is 7. The van der Waals surface area contributed by atoms with Crippen LogP contribution in [-0.2, 0) is 29.2 Å². The normalized spacial score (nSPS) is 13.9. The van der Waals surface area contributed by atoms with E-state index < -0.39 is 33.7 Å². The first-order valence-corrected chi connectivity index (χ1v) is 12.0. The van der Waals surface area contributed by atoms with E-state index in [9.17, 15) is 22.6 Å². The first-order chi connectivity index (χ1) is 13.2. The average Bonchev–Trinajstić information content (AvgIpc) is 2.65. The molecule has 0 aromatic carbocycles. The number of carbonyl (C=O) groups is 2. The molecule has 0 heterocycles. The van der Waals surface area contributed by atoms with Gasteiger partial charge in [-0.3, -0.25) is 14.1 Å². The molecule has 0 saturated carbocycles. The molecule has 3 atom stereocenters. The van der Waals surface area contributed by atoms with Gasteiger partial charge in [0.2, 0.25) is 0 Å². The van der Waals surface area contributed by atoms with Crippen molar-refractivity contribution in [3.05, 3.63) is 0 Å². The zero-order valence-corrected chi connectivity index (χ0v) is 22.3. The fourth-order valence-electron chi connectivity index (χ4n) is 2.82. The predicted octanol–water partition coefficient (Wildman–Crippen LogP) is 1.43. The number of ether oxygens (including phenoxy) is 2. The number of carbonyl (C=O) groups excluding carboxylic acids is 2. The van der Waals surface area contributed by atoms with Gasteiger partial charge in [-0.25, -0.2) is 0 Å². The van der Waals surface area contributed by atoms with Crippen LogP contribution in [0.3, 0.4) is 0 Å². The maximum absolute atomic E-state index is 12.2. The molecule has 30 heavy (non-hydrogen) atoms. The maximum Gasteiger partial charge on any atom is 1.00 e. The summed E-state index contributed by atoms with van der Waals surface area (Å²) in [6.07, 6.45) is 6.74. The van der Waals surface area contributed by atoms with Crippen molar-refractivity contribution in [1.82, 2.24) is 6.15 Å². The molecule has 0 aliphatic heterocycles. The van der Waals surface area contributed by atoms with E-state index in [1.165, 1.54) is 0 Å². The molecule has 0 aromatic rings. The fraction of sp³-hybridized carbons (Fsp3) is 0.900. The Balaban J connectivity index is -0.00000121. The van der Waals surface area contributed by atoms with Gasteiger partial charge in [-0.2, -0.15) is 8.42 Å². The predicted molar refractivity (Wildman–Crippen MR) is 115 cm³/mol. The van der Waals surface area contributed by atoms with Gasteiger partial charge in [-0.15, -0.1) is 0 Å². The van der Waals surface area contributed by atoms with Gasteiger partial charge in [0.25, 0.3) is 10.1 Å². The van der Waals surface area contributed by atoms with E-state index in [0.717, 1.165) is 51.4 Å². The minimum atomic E-state index is -4.76. The molecule has 10 heteroatoms. The Morgan fingerprint density at radius 3 is 1.70 bits per heavy atom. The molecule has 0 rings (SSSR count). The fourth-order valence-corrected chi connectivity index (χ4v) is 3.48. The summed E-state index contributed by atoms with van der Waals surface area (Å²) in [5, 5.41) is -1.95. The molecule has 3 unspecified atom stereocenters. The Kier molecular flexibility index (Phi) is 22.4. The van der Waals surface area contributed by atoms with Crippen molar-refractivity contribution in [3.63, 3.8) is 0 Å². The molecule has 0 amide bonds. The Morgan fingerprint density at radius 1 is 0.900 bits per heavy atom. The van der Waals surface area contributed by atoms with Crippen LogP contribution in [0.4, 0.5) is 0 Å². The minimum Gasteiger partial charge on any atom is -1.00 e. The van der Waals surface area contributed by atoms with E-state index >= 15 is 0 Å². The van der Waals surface area contributed by atoms with Crippen LogP contribution in [0.1, 0.15) is 86.9 Å². The summed E-state index contributed by atoms with van der Waals surface area (Å²) in [6.45, 7) is 8.35. The van der Waals surface area contributed by atoms with E-state index in [-0.39, 0.29) is 62.2 Å². The Bertz CT molecular complexity index is 564. The van der Waals surface area contributed by atoms with E-state index in [4.69, 9.17) is 9.47 Å². The molecule has 0 saturated heterocycles. The molecule has 0 radical (unpaired) electrons. The van der Waals surface area contributed by atoms with Gasteiger partial charge in [-0.1, -0.05) is 66.2 Å². The Hall–Kier alpha value is -0.190. The first-order valence-electron chi connectivity index (χ1n) is 10.5. The maximum atomic E-state index is 12.2. The molecular formula is C20H42NNaO7S. The molecule has 0 fully saturated rings. The van der Waals surface area contributed by atoms with E-state index in [1.807, 2.05) is 13.8 Å². The van der Waals surface area contributed by atoms with Crippen LogP contribution in [0.25, 0.3) is 0 Å². The first kappa shape index (κ1) is 34.4. The van der Waals surface area contributed by atoms with Gasteiger partial charge in [0, 0.05) is 0 Å². The topological polar surface area (TPSA) is 142 Å². The minimum absolute atomic E-state index is 0. The van der Waals surface area contributed by atoms with Gasteiger partial charge in [-0.05, 0) is 24.7 Å². The molecule has 176 valence electrons. The largest absolute Gasteiger partial charge is 1.00 e. The number of rotatable bonds is 16. The summed E-state index contributed by atoms with van der Waals surface area (Å²) in [5.41, 5.74) is 0. The van der Waals surface area contributed by atoms with Crippen molar-refractivity contribution in [3.8, 4) is 0 Å². The number of hydrogen-bond donors (Lipinski definition) is 2. The van der Waals surface area contributed by atoms with Gasteiger partial charge in [0.05, 0.1) is 19.6 Å². The summed E-state index contributed by atoms with van der Waals surface area (Å²) < 4.78 is 42.8. The molecular weight excluding hydrogens is 421 g/mol. The second kappa shape index (κ2) is 19.5. The van der Waals surface area contributed by atoms with Crippen LogP contribution in [0.15, 0.2) is 0 Å². The molecule has 0 aliphatic carbocycles. The third-order valence-electron chi connectivity index (χ3n) is 5.00. The van der Waals surface area contributed by atoms with Crippen LogP contribution in [0.2, 0.25) is 0 Å². The summed E-state index contributed by atoms with van der Waals surface area (Å²) >= 11 is 0. The van der Waals surface area contributed by atoms with Crippen molar-refractivity contribution in [1.29, 1.82) is 0 Å². The molecule has 0 bridgehead atoms. The molecule has 0 spiro atoms. The Labute approximate surface area is 206 Å². The van der Waals surface area contributed by atoms with Crippen molar-refractivity contribution in [2.45, 2.75) is 90.7 Å². The summed E-state index contributed by atoms with van der Waals surface area (Å²) in [4.78, 5) is 24.2. The Morgan fingerprint density at radius 2 is 1.33 bits per heavy atom. The summed E-state index contributed by atoms with van der Waals surface area (Å²) in [5.74, 6) is -1.61. The molecule has 4 N–H and O–H groups in total. The van der Waals surface area contributed by atoms with Crippen LogP contribution in [0, 0.1) is 11.8 Å². The quantitative estimate of drug-likeness (QED) is 0.199. The average molecular weight is 464 g/mol. The van der Waals surface area contributed by atoms with Crippen molar-refractivity contribution in [2.75, 3.05) is 13.2 Å². The van der Waals surface area contributed by atoms with E-state index in [2.05, 4.69) is 13.8 Å². The smallest absolute Gasteiger partial charge is 1.00 e. The zero-order chi connectivity index (χ0) is 21.6. The summed E-state index contributed by atoms with van der Waals surface area (Å²) in [6, 6.07) is 0. The third-order valence-corrected chi connectivity index (χ3v) is 6.08. The van der Waals surface area contributed by atoms with E-state index in [1.54, 1.807) is 0 Å². The molecule has 8 nitrogen and oxygen atoms in total. The second-order valence-corrected chi connectivity index (χ2v) is 8.95. The van der Waals surface area contributed by atoms with Gasteiger partial charge in [0.1, 0.15) is 0 Å². The SMILES string of the molecule is CCCCC(CC)COC(=O)CC(C(=O)OCC(CC)CCCC)S(=O)(=O)O.N.[H-].[Na+]. The van der Waals surface area contributed by atoms with Gasteiger partial charge >= 0.3 is 41.5 Å². The second-order valence-electron chi connectivity index (χ2n) is 7.35. The molecule has 0 aromatic heterocycles. The number of unbranched alkanes of at least 4 members (excludes halogenated alkanes) is 2. The third kappa shape index (κ3) is 15.6. The van der Waals surface area contributed by atoms with Crippen molar-refractivity contribution in [2.24, 2.45) is 11.8 Å². The monoisotopic (exact) mass is 463 g/mol. The van der Waals surface area contributed by atoms with Crippen molar-refractivity contribution < 1.29 is 63.0 Å². The zero-order valence-electron chi connectivity index (χ0n) is 20.5. The van der Waals surface area contributed by atoms with Crippen molar-refractivity contribution >= 4 is 22.1 Å². The molecule has 0 aliphatic rings. The van der Waals surface area contributed by atoms with Crippen LogP contribution in [0.5, 0.6) is 0 Å². The van der Waals surface area contributed by atoms with Crippen LogP contribution in [-0.4, -0.2) is 43.4 Å². The summed E-state index contributed by atoms with van der Waals surface area (Å²) in [7, 11) is -4.76. The van der Waals surface area contributed by atoms with E-state index in [0.29, 0.717) is 0 Å².